The van der Waals surface area contributed by atoms with Crippen molar-refractivity contribution < 1.29 is 14.8 Å². The Morgan fingerprint density at radius 3 is 2.32 bits per heavy atom. The Bertz CT molecular complexity index is 1410. The van der Waals surface area contributed by atoms with Crippen LogP contribution in [0, 0.1) is 0 Å². The summed E-state index contributed by atoms with van der Waals surface area (Å²) in [6, 6.07) is 29.4. The molecule has 5 rings (SSSR count). The van der Waals surface area contributed by atoms with Crippen LogP contribution >= 0.6 is 0 Å². The van der Waals surface area contributed by atoms with Gasteiger partial charge in [0.1, 0.15) is 0 Å². The van der Waals surface area contributed by atoms with E-state index >= 15 is 0 Å². The predicted octanol–water partition coefficient (Wildman–Crippen LogP) is 5.08. The molecular weight excluding hydrogens is 424 g/mol. The average molecular weight is 449 g/mol. The maximum atomic E-state index is 13.9. The smallest absolute Gasteiger partial charge is 0.274 e. The zero-order valence-corrected chi connectivity index (χ0v) is 18.6. The first kappa shape index (κ1) is 21.6. The molecule has 0 radical (unpaired) electrons. The molecule has 0 aromatic heterocycles. The minimum absolute atomic E-state index is 0.0539. The summed E-state index contributed by atoms with van der Waals surface area (Å²) in [7, 11) is 0. The summed E-state index contributed by atoms with van der Waals surface area (Å²) in [5.41, 5.74) is 6.52. The minimum Gasteiger partial charge on any atom is -0.334 e. The maximum Gasteiger partial charge on any atom is 0.274 e. The molecule has 2 amide bonds. The van der Waals surface area contributed by atoms with Gasteiger partial charge in [-0.05, 0) is 63.7 Å². The summed E-state index contributed by atoms with van der Waals surface area (Å²) in [6.45, 7) is 0.998. The van der Waals surface area contributed by atoms with E-state index in [2.05, 4.69) is 12.1 Å². The van der Waals surface area contributed by atoms with Crippen molar-refractivity contribution in [1.29, 1.82) is 0 Å². The van der Waals surface area contributed by atoms with Crippen molar-refractivity contribution in [2.24, 2.45) is 0 Å². The molecule has 1 aliphatic rings. The van der Waals surface area contributed by atoms with Crippen LogP contribution < -0.4 is 5.48 Å². The van der Waals surface area contributed by atoms with Crippen LogP contribution in [0.15, 0.2) is 91.0 Å². The van der Waals surface area contributed by atoms with Crippen molar-refractivity contribution in [3.8, 4) is 0 Å². The lowest BCUT2D eigenvalue weighted by atomic mass is 9.94. The van der Waals surface area contributed by atoms with E-state index in [0.717, 1.165) is 33.0 Å². The Morgan fingerprint density at radius 1 is 0.794 bits per heavy atom. The number of fused-ring (bicyclic) bond motifs is 2. The van der Waals surface area contributed by atoms with E-state index in [0.29, 0.717) is 30.6 Å². The van der Waals surface area contributed by atoms with Gasteiger partial charge in [0.25, 0.3) is 11.8 Å². The van der Waals surface area contributed by atoms with E-state index in [4.69, 9.17) is 5.21 Å². The van der Waals surface area contributed by atoms with Crippen LogP contribution in [0.4, 0.5) is 0 Å². The number of nitrogens with one attached hydrogen (secondary N) is 1. The summed E-state index contributed by atoms with van der Waals surface area (Å²) in [6.07, 6.45) is 2.65. The topological polar surface area (TPSA) is 69.6 Å². The molecule has 34 heavy (non-hydrogen) atoms. The molecule has 4 aromatic carbocycles. The predicted molar refractivity (Wildman–Crippen MR) is 133 cm³/mol. The quantitative estimate of drug-likeness (QED) is 0.198. The standard InChI is InChI=1S/C29H24N2O3/c32-28(30-34)25-13-11-22-14-15-31(19-26(22)18-25)29(33)27(16-20-6-2-1-3-7-20)24-12-10-21-8-4-5-9-23(21)17-24/h1-13,16-18,34H,14-15,19H2,(H,30,32). The van der Waals surface area contributed by atoms with Gasteiger partial charge in [0.2, 0.25) is 0 Å². The van der Waals surface area contributed by atoms with Gasteiger partial charge in [0.05, 0.1) is 0 Å². The minimum atomic E-state index is -0.563. The maximum absolute atomic E-state index is 13.9. The molecule has 5 nitrogen and oxygen atoms in total. The fraction of sp³-hybridized carbons (Fsp3) is 0.103. The highest BCUT2D eigenvalue weighted by molar-refractivity contribution is 6.24. The number of rotatable bonds is 4. The molecule has 0 saturated heterocycles. The van der Waals surface area contributed by atoms with Crippen molar-refractivity contribution in [3.63, 3.8) is 0 Å². The molecule has 2 N–H and O–H groups in total. The van der Waals surface area contributed by atoms with Crippen molar-refractivity contribution in [2.45, 2.75) is 13.0 Å². The molecule has 168 valence electrons. The van der Waals surface area contributed by atoms with Gasteiger partial charge in [-0.1, -0.05) is 72.8 Å². The fourth-order valence-electron chi connectivity index (χ4n) is 4.45. The summed E-state index contributed by atoms with van der Waals surface area (Å²) in [4.78, 5) is 27.6. The lowest BCUT2D eigenvalue weighted by Crippen LogP contribution is -2.36. The van der Waals surface area contributed by atoms with E-state index in [1.54, 1.807) is 17.6 Å². The Kier molecular flexibility index (Phi) is 5.93. The van der Waals surface area contributed by atoms with Gasteiger partial charge in [-0.3, -0.25) is 14.8 Å². The van der Waals surface area contributed by atoms with Crippen LogP contribution in [0.2, 0.25) is 0 Å². The Hall–Kier alpha value is -4.22. The van der Waals surface area contributed by atoms with Crippen LogP contribution in [0.5, 0.6) is 0 Å². The number of benzene rings is 4. The second-order valence-corrected chi connectivity index (χ2v) is 8.43. The monoisotopic (exact) mass is 448 g/mol. The van der Waals surface area contributed by atoms with Crippen LogP contribution in [0.1, 0.15) is 32.6 Å². The fourth-order valence-corrected chi connectivity index (χ4v) is 4.45. The van der Waals surface area contributed by atoms with E-state index in [-0.39, 0.29) is 5.91 Å². The average Bonchev–Trinajstić information content (AvgIpc) is 2.90. The Balaban J connectivity index is 1.52. The molecular formula is C29H24N2O3. The highest BCUT2D eigenvalue weighted by Crippen LogP contribution is 2.28. The number of hydroxylamine groups is 1. The first-order chi connectivity index (χ1) is 16.6. The van der Waals surface area contributed by atoms with Crippen molar-refractivity contribution >= 4 is 34.2 Å². The number of amides is 2. The molecule has 4 aromatic rings. The largest absolute Gasteiger partial charge is 0.334 e. The number of carbonyl (C=O) groups excluding carboxylic acids is 2. The SMILES string of the molecule is O=C(NO)c1ccc2c(c1)CN(C(=O)C(=Cc1ccccc1)c1ccc3ccccc3c1)CC2. The highest BCUT2D eigenvalue weighted by atomic mass is 16.5. The lowest BCUT2D eigenvalue weighted by Gasteiger charge is -2.30. The van der Waals surface area contributed by atoms with Crippen molar-refractivity contribution in [3.05, 3.63) is 119 Å². The van der Waals surface area contributed by atoms with Gasteiger partial charge in [0, 0.05) is 24.2 Å². The molecule has 0 atom stereocenters. The second kappa shape index (κ2) is 9.33. The third kappa shape index (κ3) is 4.34. The van der Waals surface area contributed by atoms with Gasteiger partial charge in [-0.2, -0.15) is 0 Å². The van der Waals surface area contributed by atoms with Crippen LogP contribution in [-0.2, 0) is 17.8 Å². The van der Waals surface area contributed by atoms with E-state index in [1.165, 1.54) is 0 Å². The third-order valence-corrected chi connectivity index (χ3v) is 6.27. The lowest BCUT2D eigenvalue weighted by molar-refractivity contribution is -0.125. The van der Waals surface area contributed by atoms with Gasteiger partial charge in [-0.25, -0.2) is 5.48 Å². The zero-order valence-electron chi connectivity index (χ0n) is 18.6. The summed E-state index contributed by atoms with van der Waals surface area (Å²) in [5, 5.41) is 11.2. The number of nitrogens with zero attached hydrogens (tertiary/aromatic N) is 1. The van der Waals surface area contributed by atoms with E-state index in [9.17, 15) is 9.59 Å². The van der Waals surface area contributed by atoms with Crippen molar-refractivity contribution in [2.75, 3.05) is 6.54 Å². The Morgan fingerprint density at radius 2 is 1.53 bits per heavy atom. The number of carbonyl (C=O) groups is 2. The molecule has 0 fully saturated rings. The summed E-state index contributed by atoms with van der Waals surface area (Å²) < 4.78 is 0. The molecule has 0 unspecified atom stereocenters. The normalized spacial score (nSPS) is 13.4. The molecule has 0 spiro atoms. The zero-order chi connectivity index (χ0) is 23.5. The van der Waals surface area contributed by atoms with Crippen molar-refractivity contribution in [1.82, 2.24) is 10.4 Å². The van der Waals surface area contributed by atoms with Crippen LogP contribution in [0.3, 0.4) is 0 Å². The van der Waals surface area contributed by atoms with Gasteiger partial charge < -0.3 is 4.90 Å². The van der Waals surface area contributed by atoms with Crippen LogP contribution in [-0.4, -0.2) is 28.5 Å². The van der Waals surface area contributed by atoms with E-state index < -0.39 is 5.91 Å². The molecule has 0 aliphatic carbocycles. The summed E-state index contributed by atoms with van der Waals surface area (Å²) >= 11 is 0. The molecule has 5 heteroatoms. The first-order valence-corrected chi connectivity index (χ1v) is 11.2. The highest BCUT2D eigenvalue weighted by Gasteiger charge is 2.25. The summed E-state index contributed by atoms with van der Waals surface area (Å²) in [5.74, 6) is -0.617. The van der Waals surface area contributed by atoms with Gasteiger partial charge in [0.15, 0.2) is 0 Å². The number of hydrogen-bond donors (Lipinski definition) is 2. The second-order valence-electron chi connectivity index (χ2n) is 8.43. The molecule has 1 aliphatic heterocycles. The third-order valence-electron chi connectivity index (χ3n) is 6.27. The van der Waals surface area contributed by atoms with Crippen LogP contribution in [0.25, 0.3) is 22.4 Å². The number of hydrogen-bond acceptors (Lipinski definition) is 3. The van der Waals surface area contributed by atoms with E-state index in [1.807, 2.05) is 77.7 Å². The first-order valence-electron chi connectivity index (χ1n) is 11.2. The van der Waals surface area contributed by atoms with Gasteiger partial charge >= 0.3 is 0 Å². The Labute approximate surface area is 197 Å². The van der Waals surface area contributed by atoms with Gasteiger partial charge in [-0.15, -0.1) is 0 Å². The molecule has 0 saturated carbocycles. The molecule has 1 heterocycles. The molecule has 0 bridgehead atoms.